The van der Waals surface area contributed by atoms with Gasteiger partial charge in [0.25, 0.3) is 5.89 Å². The number of hydrogen-bond donors (Lipinski definition) is 1. The first-order chi connectivity index (χ1) is 15.8. The van der Waals surface area contributed by atoms with Crippen LogP contribution in [0.25, 0.3) is 22.7 Å². The van der Waals surface area contributed by atoms with Crippen LogP contribution >= 0.6 is 0 Å². The average molecular weight is 448 g/mol. The van der Waals surface area contributed by atoms with Crippen LogP contribution in [-0.4, -0.2) is 59.8 Å². The first-order valence-corrected chi connectivity index (χ1v) is 10.4. The molecule has 0 unspecified atom stereocenters. The molecule has 0 bridgehead atoms. The summed E-state index contributed by atoms with van der Waals surface area (Å²) >= 11 is 0. The lowest BCUT2D eigenvalue weighted by Gasteiger charge is -2.17. The summed E-state index contributed by atoms with van der Waals surface area (Å²) in [4.78, 5) is 30.6. The van der Waals surface area contributed by atoms with Crippen molar-refractivity contribution in [1.29, 1.82) is 0 Å². The predicted octanol–water partition coefficient (Wildman–Crippen LogP) is 2.24. The second kappa shape index (κ2) is 9.15. The van der Waals surface area contributed by atoms with Crippen LogP contribution < -0.4 is 5.73 Å². The number of aromatic nitrogens is 7. The molecule has 0 aliphatic rings. The third-order valence-corrected chi connectivity index (χ3v) is 5.18. The van der Waals surface area contributed by atoms with E-state index < -0.39 is 0 Å². The summed E-state index contributed by atoms with van der Waals surface area (Å²) in [5, 5.41) is 8.44. The van der Waals surface area contributed by atoms with Gasteiger partial charge in [-0.1, -0.05) is 25.1 Å². The summed E-state index contributed by atoms with van der Waals surface area (Å²) in [6, 6.07) is 3.90. The van der Waals surface area contributed by atoms with Gasteiger partial charge in [-0.3, -0.25) is 14.5 Å². The highest BCUT2D eigenvalue weighted by Crippen LogP contribution is 2.32. The van der Waals surface area contributed by atoms with Gasteiger partial charge in [-0.2, -0.15) is 10.1 Å². The van der Waals surface area contributed by atoms with E-state index in [1.807, 2.05) is 12.1 Å². The molecule has 2 N–H and O–H groups in total. The Morgan fingerprint density at radius 2 is 1.85 bits per heavy atom. The second-order valence-corrected chi connectivity index (χ2v) is 8.20. The number of nitrogens with two attached hydrogens (primary N) is 1. The van der Waals surface area contributed by atoms with Crippen molar-refractivity contribution in [2.45, 2.75) is 26.3 Å². The minimum Gasteiger partial charge on any atom is -0.368 e. The quantitative estimate of drug-likeness (QED) is 0.451. The molecule has 1 atom stereocenters. The molecule has 170 valence electrons. The zero-order valence-corrected chi connectivity index (χ0v) is 18.9. The number of amides is 1. The number of carbonyl (C=O) groups is 1. The van der Waals surface area contributed by atoms with Gasteiger partial charge in [0.15, 0.2) is 5.82 Å². The molecular formula is C22H25N9O2. The molecule has 1 amide bonds. The number of anilines is 1. The fourth-order valence-electron chi connectivity index (χ4n) is 3.38. The predicted molar refractivity (Wildman–Crippen MR) is 121 cm³/mol. The Morgan fingerprint density at radius 3 is 2.48 bits per heavy atom. The maximum Gasteiger partial charge on any atom is 0.261 e. The zero-order valence-electron chi connectivity index (χ0n) is 18.9. The number of likely N-dealkylation sites (N-methyl/N-ethyl adjacent to an activating group) is 1. The number of nitrogen functional groups attached to an aromatic ring is 1. The van der Waals surface area contributed by atoms with Gasteiger partial charge in [-0.25, -0.2) is 9.97 Å². The number of nitrogens with zero attached hydrogens (tertiary/aromatic N) is 8. The second-order valence-electron chi connectivity index (χ2n) is 8.20. The van der Waals surface area contributed by atoms with Crippen LogP contribution in [0.5, 0.6) is 0 Å². The summed E-state index contributed by atoms with van der Waals surface area (Å²) in [7, 11) is 3.40. The maximum absolute atomic E-state index is 11.9. The summed E-state index contributed by atoms with van der Waals surface area (Å²) in [6.45, 7) is 4.32. The van der Waals surface area contributed by atoms with Crippen molar-refractivity contribution in [1.82, 2.24) is 39.8 Å². The molecule has 0 aliphatic heterocycles. The first kappa shape index (κ1) is 22.1. The summed E-state index contributed by atoms with van der Waals surface area (Å²) in [6.07, 6.45) is 8.41. The van der Waals surface area contributed by atoms with E-state index in [2.05, 4.69) is 44.0 Å². The molecule has 11 heteroatoms. The summed E-state index contributed by atoms with van der Waals surface area (Å²) in [5.74, 6) is 1.15. The first-order valence-electron chi connectivity index (χ1n) is 10.4. The fraction of sp³-hybridized carbons (Fsp3) is 0.318. The van der Waals surface area contributed by atoms with Crippen LogP contribution in [0, 0.1) is 5.92 Å². The molecule has 11 nitrogen and oxygen atoms in total. The summed E-state index contributed by atoms with van der Waals surface area (Å²) < 4.78 is 7.06. The van der Waals surface area contributed by atoms with Gasteiger partial charge in [0.1, 0.15) is 6.54 Å². The third kappa shape index (κ3) is 4.86. The topological polar surface area (TPSA) is 142 Å². The van der Waals surface area contributed by atoms with Crippen molar-refractivity contribution in [3.05, 3.63) is 54.5 Å². The molecule has 0 fully saturated rings. The van der Waals surface area contributed by atoms with Gasteiger partial charge in [-0.15, -0.1) is 0 Å². The van der Waals surface area contributed by atoms with E-state index in [9.17, 15) is 4.79 Å². The lowest BCUT2D eigenvalue weighted by atomic mass is 9.88. The third-order valence-electron chi connectivity index (χ3n) is 5.18. The number of carbonyl (C=O) groups excluding carboxylic acids is 1. The molecule has 4 aromatic heterocycles. The molecular weight excluding hydrogens is 422 g/mol. The SMILES string of the molecule is CC(C)[C@H](c1ccc(-c2cnc(N)nc2)nc1)c1noc(-c2cnn(CC(=O)N(C)C)c2)n1. The molecule has 4 rings (SSSR count). The largest absolute Gasteiger partial charge is 0.368 e. The summed E-state index contributed by atoms with van der Waals surface area (Å²) in [5.41, 5.74) is 8.70. The van der Waals surface area contributed by atoms with E-state index in [0.29, 0.717) is 17.3 Å². The number of hydrogen-bond acceptors (Lipinski definition) is 9. The fourth-order valence-corrected chi connectivity index (χ4v) is 3.38. The zero-order chi connectivity index (χ0) is 23.5. The van der Waals surface area contributed by atoms with Crippen LogP contribution in [0.4, 0.5) is 5.95 Å². The molecule has 0 saturated carbocycles. The molecule has 4 heterocycles. The highest BCUT2D eigenvalue weighted by atomic mass is 16.5. The van der Waals surface area contributed by atoms with Crippen LogP contribution in [0.2, 0.25) is 0 Å². The van der Waals surface area contributed by atoms with Crippen molar-refractivity contribution in [2.75, 3.05) is 19.8 Å². The van der Waals surface area contributed by atoms with E-state index >= 15 is 0 Å². The van der Waals surface area contributed by atoms with E-state index in [0.717, 1.165) is 16.8 Å². The van der Waals surface area contributed by atoms with Crippen molar-refractivity contribution < 1.29 is 9.32 Å². The van der Waals surface area contributed by atoms with Crippen LogP contribution in [-0.2, 0) is 11.3 Å². The molecule has 33 heavy (non-hydrogen) atoms. The van der Waals surface area contributed by atoms with E-state index in [1.54, 1.807) is 49.8 Å². The van der Waals surface area contributed by atoms with Gasteiger partial charge in [0.05, 0.1) is 23.4 Å². The molecule has 0 aliphatic carbocycles. The molecule has 0 saturated heterocycles. The van der Waals surface area contributed by atoms with Gasteiger partial charge < -0.3 is 15.2 Å². The van der Waals surface area contributed by atoms with Crippen molar-refractivity contribution in [2.24, 2.45) is 5.92 Å². The molecule has 4 aromatic rings. The van der Waals surface area contributed by atoms with E-state index in [1.165, 1.54) is 4.90 Å². The Morgan fingerprint density at radius 1 is 1.09 bits per heavy atom. The minimum absolute atomic E-state index is 0.0581. The molecule has 0 aromatic carbocycles. The van der Waals surface area contributed by atoms with Gasteiger partial charge in [0, 0.05) is 44.4 Å². The molecule has 0 radical (unpaired) electrons. The number of pyridine rings is 1. The van der Waals surface area contributed by atoms with Gasteiger partial charge in [0.2, 0.25) is 11.9 Å². The average Bonchev–Trinajstić information content (AvgIpc) is 3.44. The normalized spacial score (nSPS) is 12.2. The number of rotatable bonds is 7. The van der Waals surface area contributed by atoms with Gasteiger partial charge >= 0.3 is 0 Å². The Hall–Kier alpha value is -4.15. The Bertz CT molecular complexity index is 1230. The Kier molecular flexibility index (Phi) is 6.11. The minimum atomic E-state index is -0.114. The van der Waals surface area contributed by atoms with E-state index in [-0.39, 0.29) is 30.2 Å². The molecule has 0 spiro atoms. The van der Waals surface area contributed by atoms with Crippen LogP contribution in [0.1, 0.15) is 31.2 Å². The monoisotopic (exact) mass is 447 g/mol. The smallest absolute Gasteiger partial charge is 0.261 e. The van der Waals surface area contributed by atoms with Crippen LogP contribution in [0.15, 0.2) is 47.6 Å². The lowest BCUT2D eigenvalue weighted by molar-refractivity contribution is -0.129. The Labute approximate surface area is 190 Å². The highest BCUT2D eigenvalue weighted by molar-refractivity contribution is 5.75. The van der Waals surface area contributed by atoms with Crippen molar-refractivity contribution >= 4 is 11.9 Å². The van der Waals surface area contributed by atoms with Crippen molar-refractivity contribution in [3.63, 3.8) is 0 Å². The van der Waals surface area contributed by atoms with Crippen molar-refractivity contribution in [3.8, 4) is 22.7 Å². The standard InChI is InChI=1S/C22H25N9O2/c1-13(2)19(14-5-6-17(24-7-14)15-8-25-22(23)26-9-15)20-28-21(33-29-20)16-10-27-31(11-16)12-18(32)30(3)4/h5-11,13,19H,12H2,1-4H3,(H2,23,25,26)/t19-/m1/s1. The van der Waals surface area contributed by atoms with Crippen LogP contribution in [0.3, 0.4) is 0 Å². The lowest BCUT2D eigenvalue weighted by Crippen LogP contribution is -2.26. The van der Waals surface area contributed by atoms with E-state index in [4.69, 9.17) is 10.3 Å². The highest BCUT2D eigenvalue weighted by Gasteiger charge is 2.25. The van der Waals surface area contributed by atoms with Gasteiger partial charge in [-0.05, 0) is 17.5 Å². The maximum atomic E-state index is 11.9. The Balaban J connectivity index is 1.55.